The van der Waals surface area contributed by atoms with Gasteiger partial charge in [-0.05, 0) is 22.6 Å². The van der Waals surface area contributed by atoms with Crippen molar-refractivity contribution in [3.8, 4) is 5.75 Å². The number of pyridine rings is 1. The third-order valence-electron chi connectivity index (χ3n) is 1.85. The van der Waals surface area contributed by atoms with Crippen molar-refractivity contribution in [2.75, 3.05) is 7.11 Å². The molecule has 88 valence electrons. The Bertz CT molecular complexity index is 412. The molecule has 1 N–H and O–H groups in total. The Kier molecular flexibility index (Phi) is 4.39. The molecule has 4 nitrogen and oxygen atoms in total. The molecule has 1 heterocycles. The van der Waals surface area contributed by atoms with Crippen LogP contribution in [0.1, 0.15) is 17.7 Å². The molecule has 0 bridgehead atoms. The molecule has 16 heavy (non-hydrogen) atoms. The van der Waals surface area contributed by atoms with Crippen molar-refractivity contribution in [2.45, 2.75) is 12.8 Å². The van der Waals surface area contributed by atoms with Crippen molar-refractivity contribution in [3.63, 3.8) is 0 Å². The van der Waals surface area contributed by atoms with Gasteiger partial charge in [0, 0.05) is 3.57 Å². The molecule has 0 fully saturated rings. The van der Waals surface area contributed by atoms with Gasteiger partial charge in [-0.2, -0.15) is 0 Å². The van der Waals surface area contributed by atoms with Gasteiger partial charge in [0.2, 0.25) is 0 Å². The molecule has 0 atom stereocenters. The molecule has 7 heteroatoms. The van der Waals surface area contributed by atoms with Crippen molar-refractivity contribution in [1.29, 1.82) is 0 Å². The van der Waals surface area contributed by atoms with Crippen LogP contribution in [0.4, 0.5) is 8.78 Å². The zero-order chi connectivity index (χ0) is 12.3. The van der Waals surface area contributed by atoms with E-state index in [1.165, 1.54) is 7.11 Å². The summed E-state index contributed by atoms with van der Waals surface area (Å²) in [7, 11) is 1.26. The van der Waals surface area contributed by atoms with Crippen LogP contribution in [-0.2, 0) is 11.2 Å². The molecule has 0 aliphatic heterocycles. The number of hydrogen-bond donors (Lipinski definition) is 1. The first-order valence-corrected chi connectivity index (χ1v) is 5.26. The standard InChI is InChI=1S/C9H8F2INO3/c1-16-5-3-13-4(2-6(14)15)8(12)7(5)9(10)11/h3,9H,2H2,1H3,(H,14,15). The monoisotopic (exact) mass is 343 g/mol. The zero-order valence-corrected chi connectivity index (χ0v) is 10.4. The lowest BCUT2D eigenvalue weighted by Gasteiger charge is -2.11. The molecular formula is C9H8F2INO3. The number of carboxylic acids is 1. The minimum atomic E-state index is -2.72. The van der Waals surface area contributed by atoms with Gasteiger partial charge >= 0.3 is 5.97 Å². The van der Waals surface area contributed by atoms with Crippen LogP contribution >= 0.6 is 22.6 Å². The van der Waals surface area contributed by atoms with E-state index in [-0.39, 0.29) is 27.0 Å². The topological polar surface area (TPSA) is 59.4 Å². The number of carboxylic acid groups (broad SMARTS) is 1. The second-order valence-electron chi connectivity index (χ2n) is 2.87. The number of carbonyl (C=O) groups is 1. The zero-order valence-electron chi connectivity index (χ0n) is 8.21. The largest absolute Gasteiger partial charge is 0.495 e. The first kappa shape index (κ1) is 13.1. The maximum absolute atomic E-state index is 12.7. The number of rotatable bonds is 4. The smallest absolute Gasteiger partial charge is 0.309 e. The number of nitrogens with zero attached hydrogens (tertiary/aromatic N) is 1. The fourth-order valence-electron chi connectivity index (χ4n) is 1.16. The molecule has 0 aliphatic carbocycles. The molecule has 1 aromatic rings. The van der Waals surface area contributed by atoms with E-state index < -0.39 is 12.4 Å². The Morgan fingerprint density at radius 2 is 2.31 bits per heavy atom. The van der Waals surface area contributed by atoms with E-state index in [4.69, 9.17) is 9.84 Å². The molecule has 0 radical (unpaired) electrons. The van der Waals surface area contributed by atoms with Crippen molar-refractivity contribution >= 4 is 28.6 Å². The Hall–Kier alpha value is -0.990. The van der Waals surface area contributed by atoms with E-state index in [2.05, 4.69) is 4.98 Å². The molecule has 0 aliphatic rings. The van der Waals surface area contributed by atoms with Gasteiger partial charge in [0.1, 0.15) is 5.75 Å². The molecular weight excluding hydrogens is 335 g/mol. The van der Waals surface area contributed by atoms with Gasteiger partial charge in [0.25, 0.3) is 6.43 Å². The Balaban J connectivity index is 3.26. The van der Waals surface area contributed by atoms with E-state index in [1.807, 2.05) is 0 Å². The summed E-state index contributed by atoms with van der Waals surface area (Å²) >= 11 is 1.65. The predicted octanol–water partition coefficient (Wildman–Crippen LogP) is 2.26. The van der Waals surface area contributed by atoms with Gasteiger partial charge in [-0.1, -0.05) is 0 Å². The molecule has 0 aromatic carbocycles. The molecule has 0 saturated heterocycles. The van der Waals surface area contributed by atoms with Crippen molar-refractivity contribution < 1.29 is 23.4 Å². The summed E-state index contributed by atoms with van der Waals surface area (Å²) in [5.74, 6) is -1.15. The Labute approximate surface area is 104 Å². The van der Waals surface area contributed by atoms with Crippen LogP contribution < -0.4 is 4.74 Å². The highest BCUT2D eigenvalue weighted by Crippen LogP contribution is 2.33. The maximum Gasteiger partial charge on any atom is 0.309 e. The lowest BCUT2D eigenvalue weighted by molar-refractivity contribution is -0.136. The van der Waals surface area contributed by atoms with Crippen LogP contribution in [-0.4, -0.2) is 23.2 Å². The van der Waals surface area contributed by atoms with E-state index in [0.29, 0.717) is 0 Å². The minimum Gasteiger partial charge on any atom is -0.495 e. The van der Waals surface area contributed by atoms with Crippen LogP contribution in [0, 0.1) is 3.57 Å². The molecule has 1 aromatic heterocycles. The first-order valence-electron chi connectivity index (χ1n) is 4.18. The molecule has 0 amide bonds. The fraction of sp³-hybridized carbons (Fsp3) is 0.333. The molecule has 1 rings (SSSR count). The number of ether oxygens (including phenoxy) is 1. The van der Waals surface area contributed by atoms with Crippen molar-refractivity contribution in [1.82, 2.24) is 4.98 Å². The van der Waals surface area contributed by atoms with E-state index in [0.717, 1.165) is 6.20 Å². The summed E-state index contributed by atoms with van der Waals surface area (Å²) < 4.78 is 30.4. The quantitative estimate of drug-likeness (QED) is 0.852. The highest BCUT2D eigenvalue weighted by molar-refractivity contribution is 14.1. The second kappa shape index (κ2) is 5.37. The van der Waals surface area contributed by atoms with E-state index in [1.54, 1.807) is 22.6 Å². The normalized spacial score (nSPS) is 10.6. The van der Waals surface area contributed by atoms with Crippen LogP contribution in [0.3, 0.4) is 0 Å². The average Bonchev–Trinajstić information content (AvgIpc) is 2.19. The van der Waals surface area contributed by atoms with Gasteiger partial charge in [0.15, 0.2) is 0 Å². The Morgan fingerprint density at radius 1 is 1.69 bits per heavy atom. The number of aliphatic carboxylic acids is 1. The summed E-state index contributed by atoms with van der Waals surface area (Å²) in [4.78, 5) is 14.3. The predicted molar refractivity (Wildman–Crippen MR) is 59.8 cm³/mol. The SMILES string of the molecule is COc1cnc(CC(=O)O)c(I)c1C(F)F. The van der Waals surface area contributed by atoms with Crippen molar-refractivity contribution in [2.24, 2.45) is 0 Å². The second-order valence-corrected chi connectivity index (χ2v) is 3.95. The number of alkyl halides is 2. The third kappa shape index (κ3) is 2.77. The van der Waals surface area contributed by atoms with Crippen molar-refractivity contribution in [3.05, 3.63) is 21.0 Å². The van der Waals surface area contributed by atoms with Gasteiger partial charge in [-0.25, -0.2) is 8.78 Å². The fourth-order valence-corrected chi connectivity index (χ4v) is 1.99. The highest BCUT2D eigenvalue weighted by atomic mass is 127. The van der Waals surface area contributed by atoms with Gasteiger partial charge in [-0.15, -0.1) is 0 Å². The van der Waals surface area contributed by atoms with E-state index >= 15 is 0 Å². The number of hydrogen-bond acceptors (Lipinski definition) is 3. The summed E-state index contributed by atoms with van der Waals surface area (Å²) in [6.45, 7) is 0. The summed E-state index contributed by atoms with van der Waals surface area (Å²) in [6.07, 6.45) is -2.00. The van der Waals surface area contributed by atoms with Crippen LogP contribution in [0.15, 0.2) is 6.20 Å². The van der Waals surface area contributed by atoms with E-state index in [9.17, 15) is 13.6 Å². The molecule has 0 unspecified atom stereocenters. The number of methoxy groups -OCH3 is 1. The number of aromatic nitrogens is 1. The summed E-state index contributed by atoms with van der Waals surface area (Å²) in [5.41, 5.74) is -0.196. The lowest BCUT2D eigenvalue weighted by atomic mass is 10.2. The lowest BCUT2D eigenvalue weighted by Crippen LogP contribution is -2.08. The third-order valence-corrected chi connectivity index (χ3v) is 3.05. The van der Waals surface area contributed by atoms with Gasteiger partial charge in [-0.3, -0.25) is 9.78 Å². The molecule has 0 spiro atoms. The summed E-state index contributed by atoms with van der Waals surface area (Å²) in [6, 6.07) is 0. The van der Waals surface area contributed by atoms with Gasteiger partial charge in [0.05, 0.1) is 31.0 Å². The maximum atomic E-state index is 12.7. The Morgan fingerprint density at radius 3 is 2.75 bits per heavy atom. The van der Waals surface area contributed by atoms with Crippen LogP contribution in [0.25, 0.3) is 0 Å². The molecule has 0 saturated carbocycles. The van der Waals surface area contributed by atoms with Gasteiger partial charge < -0.3 is 9.84 Å². The first-order chi connectivity index (χ1) is 7.47. The minimum absolute atomic E-state index is 0.0338. The average molecular weight is 343 g/mol. The van der Waals surface area contributed by atoms with Crippen LogP contribution in [0.5, 0.6) is 5.75 Å². The summed E-state index contributed by atoms with van der Waals surface area (Å²) in [5, 5.41) is 8.59. The van der Waals surface area contributed by atoms with Crippen LogP contribution in [0.2, 0.25) is 0 Å². The highest BCUT2D eigenvalue weighted by Gasteiger charge is 2.22. The number of halogens is 3.